The third-order valence-corrected chi connectivity index (χ3v) is 4.02. The monoisotopic (exact) mass is 336 g/mol. The van der Waals surface area contributed by atoms with Crippen LogP contribution in [0.15, 0.2) is 54.6 Å². The van der Waals surface area contributed by atoms with Gasteiger partial charge in [0.2, 0.25) is 0 Å². The fourth-order valence-electron chi connectivity index (χ4n) is 2.77. The van der Waals surface area contributed by atoms with Gasteiger partial charge in [0, 0.05) is 18.7 Å². The molecule has 0 N–H and O–H groups in total. The topological polar surface area (TPSA) is 80.5 Å². The predicted octanol–water partition coefficient (Wildman–Crippen LogP) is 3.68. The molecular weight excluding hydrogens is 320 g/mol. The normalized spacial score (nSPS) is 13.5. The lowest BCUT2D eigenvalue weighted by molar-refractivity contribution is -0.384. The van der Waals surface area contributed by atoms with E-state index < -0.39 is 4.92 Å². The Balaban J connectivity index is 1.54. The number of unbranched alkanes of at least 4 members (excludes halogenated alkanes) is 1. The summed E-state index contributed by atoms with van der Waals surface area (Å²) in [6.07, 6.45) is 4.99. The molecule has 0 atom stereocenters. The van der Waals surface area contributed by atoms with Crippen LogP contribution < -0.4 is 0 Å². The van der Waals surface area contributed by atoms with Crippen molar-refractivity contribution in [3.05, 3.63) is 81.4 Å². The SMILES string of the molecule is O=C1c2ccccc2C(=O)N1CCC/C=C/c1cccc([N+](=O)[O-])c1. The van der Waals surface area contributed by atoms with Gasteiger partial charge in [-0.15, -0.1) is 0 Å². The number of carbonyl (C=O) groups is 2. The van der Waals surface area contributed by atoms with E-state index in [-0.39, 0.29) is 17.5 Å². The summed E-state index contributed by atoms with van der Waals surface area (Å²) in [6.45, 7) is 0.353. The minimum absolute atomic E-state index is 0.0492. The lowest BCUT2D eigenvalue weighted by Gasteiger charge is -2.12. The zero-order valence-corrected chi connectivity index (χ0v) is 13.4. The second-order valence-corrected chi connectivity index (χ2v) is 5.70. The molecule has 0 saturated heterocycles. The summed E-state index contributed by atoms with van der Waals surface area (Å²) in [5.74, 6) is -0.494. The van der Waals surface area contributed by atoms with Gasteiger partial charge in [-0.3, -0.25) is 24.6 Å². The number of benzene rings is 2. The third-order valence-electron chi connectivity index (χ3n) is 4.02. The molecular formula is C19H16N2O4. The Hall–Kier alpha value is -3.28. The van der Waals surface area contributed by atoms with Crippen LogP contribution in [0.1, 0.15) is 39.1 Å². The third kappa shape index (κ3) is 3.47. The van der Waals surface area contributed by atoms with E-state index in [0.29, 0.717) is 30.5 Å². The number of carbonyl (C=O) groups excluding carboxylic acids is 2. The van der Waals surface area contributed by atoms with Crippen molar-refractivity contribution >= 4 is 23.6 Å². The molecule has 0 aromatic heterocycles. The maximum absolute atomic E-state index is 12.2. The van der Waals surface area contributed by atoms with E-state index in [4.69, 9.17) is 0 Å². The minimum atomic E-state index is -0.431. The summed E-state index contributed by atoms with van der Waals surface area (Å²) in [5, 5.41) is 10.7. The van der Waals surface area contributed by atoms with Crippen LogP contribution in [0.2, 0.25) is 0 Å². The van der Waals surface area contributed by atoms with Crippen LogP contribution in [0.3, 0.4) is 0 Å². The van der Waals surface area contributed by atoms with Crippen molar-refractivity contribution in [3.8, 4) is 0 Å². The first kappa shape index (κ1) is 16.6. The molecule has 6 heteroatoms. The van der Waals surface area contributed by atoms with Gasteiger partial charge in [-0.1, -0.05) is 36.4 Å². The number of nitro groups is 1. The van der Waals surface area contributed by atoms with Crippen molar-refractivity contribution in [1.29, 1.82) is 0 Å². The summed E-state index contributed by atoms with van der Waals surface area (Å²) in [7, 11) is 0. The fraction of sp³-hybridized carbons (Fsp3) is 0.158. The standard InChI is InChI=1S/C19H16N2O4/c22-18-16-10-3-4-11-17(16)19(23)20(18)12-5-1-2-7-14-8-6-9-15(13-14)21(24)25/h2-4,6-11,13H,1,5,12H2/b7-2+. The number of fused-ring (bicyclic) bond motifs is 1. The summed E-state index contributed by atoms with van der Waals surface area (Å²) in [4.78, 5) is 36.0. The second kappa shape index (κ2) is 7.09. The van der Waals surface area contributed by atoms with Crippen molar-refractivity contribution in [2.24, 2.45) is 0 Å². The second-order valence-electron chi connectivity index (χ2n) is 5.70. The van der Waals surface area contributed by atoms with E-state index in [1.807, 2.05) is 6.08 Å². The number of non-ortho nitro benzene ring substituents is 1. The summed E-state index contributed by atoms with van der Waals surface area (Å²) in [6, 6.07) is 13.2. The average Bonchev–Trinajstić information content (AvgIpc) is 2.87. The van der Waals surface area contributed by atoms with Gasteiger partial charge in [0.25, 0.3) is 17.5 Å². The number of rotatable bonds is 6. The van der Waals surface area contributed by atoms with Gasteiger partial charge < -0.3 is 0 Å². The molecule has 2 aromatic carbocycles. The molecule has 0 radical (unpaired) electrons. The van der Waals surface area contributed by atoms with Gasteiger partial charge >= 0.3 is 0 Å². The number of imide groups is 1. The molecule has 1 aliphatic rings. The van der Waals surface area contributed by atoms with Crippen LogP contribution in [0.4, 0.5) is 5.69 Å². The first-order chi connectivity index (χ1) is 12.1. The zero-order valence-electron chi connectivity index (χ0n) is 13.4. The lowest BCUT2D eigenvalue weighted by atomic mass is 10.1. The molecule has 2 amide bonds. The van der Waals surface area contributed by atoms with Gasteiger partial charge in [-0.05, 0) is 30.5 Å². The number of hydrogen-bond donors (Lipinski definition) is 0. The Labute approximate surface area is 144 Å². The minimum Gasteiger partial charge on any atom is -0.274 e. The number of amides is 2. The molecule has 0 spiro atoms. The van der Waals surface area contributed by atoms with Crippen molar-refractivity contribution < 1.29 is 14.5 Å². The Morgan fingerprint density at radius 1 is 1.00 bits per heavy atom. The predicted molar refractivity (Wildman–Crippen MR) is 93.2 cm³/mol. The van der Waals surface area contributed by atoms with Crippen molar-refractivity contribution in [1.82, 2.24) is 4.90 Å². The van der Waals surface area contributed by atoms with Crippen LogP contribution >= 0.6 is 0 Å². The van der Waals surface area contributed by atoms with E-state index in [9.17, 15) is 19.7 Å². The summed E-state index contributed by atoms with van der Waals surface area (Å²) in [5.41, 5.74) is 1.71. The summed E-state index contributed by atoms with van der Waals surface area (Å²) < 4.78 is 0. The first-order valence-electron chi connectivity index (χ1n) is 7.94. The molecule has 126 valence electrons. The average molecular weight is 336 g/mol. The van der Waals surface area contributed by atoms with Crippen molar-refractivity contribution in [3.63, 3.8) is 0 Å². The van der Waals surface area contributed by atoms with E-state index in [1.54, 1.807) is 42.5 Å². The van der Waals surface area contributed by atoms with E-state index in [0.717, 1.165) is 5.56 Å². The Morgan fingerprint density at radius 3 is 2.32 bits per heavy atom. The molecule has 1 heterocycles. The van der Waals surface area contributed by atoms with Gasteiger partial charge in [0.05, 0.1) is 16.1 Å². The van der Waals surface area contributed by atoms with Gasteiger partial charge in [0.1, 0.15) is 0 Å². The van der Waals surface area contributed by atoms with Crippen molar-refractivity contribution in [2.75, 3.05) is 6.54 Å². The van der Waals surface area contributed by atoms with Gasteiger partial charge in [-0.2, -0.15) is 0 Å². The molecule has 2 aromatic rings. The Kier molecular flexibility index (Phi) is 4.70. The van der Waals surface area contributed by atoms with Crippen LogP contribution in [-0.2, 0) is 0 Å². The highest BCUT2D eigenvalue weighted by Gasteiger charge is 2.34. The molecule has 25 heavy (non-hydrogen) atoms. The Bertz CT molecular complexity index is 838. The number of nitrogens with zero attached hydrogens (tertiary/aromatic N) is 2. The van der Waals surface area contributed by atoms with Gasteiger partial charge in [-0.25, -0.2) is 0 Å². The molecule has 1 aliphatic heterocycles. The molecule has 0 unspecified atom stereocenters. The number of hydrogen-bond acceptors (Lipinski definition) is 4. The van der Waals surface area contributed by atoms with E-state index in [1.165, 1.54) is 17.0 Å². The van der Waals surface area contributed by atoms with Crippen molar-refractivity contribution in [2.45, 2.75) is 12.8 Å². The first-order valence-corrected chi connectivity index (χ1v) is 7.94. The maximum atomic E-state index is 12.2. The largest absolute Gasteiger partial charge is 0.274 e. The van der Waals surface area contributed by atoms with Crippen LogP contribution in [0.5, 0.6) is 0 Å². The fourth-order valence-corrected chi connectivity index (χ4v) is 2.77. The summed E-state index contributed by atoms with van der Waals surface area (Å²) >= 11 is 0. The quantitative estimate of drug-likeness (QED) is 0.349. The van der Waals surface area contributed by atoms with Crippen LogP contribution in [0, 0.1) is 10.1 Å². The van der Waals surface area contributed by atoms with Crippen LogP contribution in [-0.4, -0.2) is 28.2 Å². The highest BCUT2D eigenvalue weighted by molar-refractivity contribution is 6.21. The Morgan fingerprint density at radius 2 is 1.68 bits per heavy atom. The van der Waals surface area contributed by atoms with Crippen LogP contribution in [0.25, 0.3) is 6.08 Å². The molecule has 0 fully saturated rings. The smallest absolute Gasteiger partial charge is 0.270 e. The zero-order chi connectivity index (χ0) is 17.8. The van der Waals surface area contributed by atoms with E-state index >= 15 is 0 Å². The highest BCUT2D eigenvalue weighted by atomic mass is 16.6. The van der Waals surface area contributed by atoms with Gasteiger partial charge in [0.15, 0.2) is 0 Å². The molecule has 6 nitrogen and oxygen atoms in total. The molecule has 0 bridgehead atoms. The van der Waals surface area contributed by atoms with E-state index in [2.05, 4.69) is 0 Å². The molecule has 0 aliphatic carbocycles. The molecule has 0 saturated carbocycles. The number of nitro benzene ring substituents is 1. The molecule has 3 rings (SSSR count). The highest BCUT2D eigenvalue weighted by Crippen LogP contribution is 2.22. The maximum Gasteiger partial charge on any atom is 0.270 e. The number of allylic oxidation sites excluding steroid dienone is 1. The lowest BCUT2D eigenvalue weighted by Crippen LogP contribution is -2.30.